The predicted octanol–water partition coefficient (Wildman–Crippen LogP) is 3.31. The van der Waals surface area contributed by atoms with Gasteiger partial charge in [0.1, 0.15) is 0 Å². The fourth-order valence-corrected chi connectivity index (χ4v) is 1.54. The van der Waals surface area contributed by atoms with E-state index in [1.165, 1.54) is 18.4 Å². The van der Waals surface area contributed by atoms with Gasteiger partial charge in [-0.1, -0.05) is 24.6 Å². The summed E-state index contributed by atoms with van der Waals surface area (Å²) in [6, 6.07) is 0. The van der Waals surface area contributed by atoms with Gasteiger partial charge in [-0.2, -0.15) is 0 Å². The average molecular weight is 136 g/mol. The highest BCUT2D eigenvalue weighted by molar-refractivity contribution is 5.27. The first-order valence-corrected chi connectivity index (χ1v) is 4.05. The molecule has 10 heavy (non-hydrogen) atoms. The van der Waals surface area contributed by atoms with E-state index in [-0.39, 0.29) is 0 Å². The Labute approximate surface area is 63.6 Å². The molecule has 0 heterocycles. The quantitative estimate of drug-likeness (QED) is 0.479. The van der Waals surface area contributed by atoms with E-state index in [4.69, 9.17) is 0 Å². The highest BCUT2D eigenvalue weighted by atomic mass is 14.1. The summed E-state index contributed by atoms with van der Waals surface area (Å²) >= 11 is 0. The molecule has 0 amide bonds. The molecule has 0 nitrogen and oxygen atoms in total. The van der Waals surface area contributed by atoms with Crippen molar-refractivity contribution in [1.82, 2.24) is 0 Å². The van der Waals surface area contributed by atoms with E-state index in [1.54, 1.807) is 5.57 Å². The van der Waals surface area contributed by atoms with Crippen LogP contribution < -0.4 is 0 Å². The molecular weight excluding hydrogens is 120 g/mol. The van der Waals surface area contributed by atoms with Gasteiger partial charge >= 0.3 is 0 Å². The van der Waals surface area contributed by atoms with Gasteiger partial charge in [0, 0.05) is 0 Å². The van der Waals surface area contributed by atoms with E-state index in [2.05, 4.69) is 32.9 Å². The summed E-state index contributed by atoms with van der Waals surface area (Å²) in [6.07, 6.45) is 7.15. The molecule has 0 aliphatic heterocycles. The van der Waals surface area contributed by atoms with Crippen LogP contribution >= 0.6 is 0 Å². The minimum absolute atomic E-state index is 0.787. The first-order valence-electron chi connectivity index (χ1n) is 4.05. The van der Waals surface area contributed by atoms with Crippen molar-refractivity contribution in [2.24, 2.45) is 5.92 Å². The third-order valence-electron chi connectivity index (χ3n) is 2.17. The molecule has 1 aliphatic rings. The smallest absolute Gasteiger partial charge is 0.0188 e. The lowest BCUT2D eigenvalue weighted by Gasteiger charge is -2.17. The molecule has 1 aliphatic carbocycles. The fourth-order valence-electron chi connectivity index (χ4n) is 1.54. The van der Waals surface area contributed by atoms with Gasteiger partial charge < -0.3 is 0 Å². The van der Waals surface area contributed by atoms with Crippen LogP contribution in [0.5, 0.6) is 0 Å². The van der Waals surface area contributed by atoms with Crippen LogP contribution in [0.1, 0.15) is 33.6 Å². The van der Waals surface area contributed by atoms with Crippen LogP contribution in [0.4, 0.5) is 0 Å². The lowest BCUT2D eigenvalue weighted by Crippen LogP contribution is -2.02. The topological polar surface area (TPSA) is 0 Å². The Morgan fingerprint density at radius 2 is 2.20 bits per heavy atom. The Balaban J connectivity index is 2.84. The second kappa shape index (κ2) is 3.05. The maximum absolute atomic E-state index is 2.31. The summed E-state index contributed by atoms with van der Waals surface area (Å²) in [4.78, 5) is 0. The third-order valence-corrected chi connectivity index (χ3v) is 2.17. The van der Waals surface area contributed by atoms with E-state index in [0.717, 1.165) is 5.92 Å². The highest BCUT2D eigenvalue weighted by Gasteiger charge is 2.09. The zero-order valence-corrected chi connectivity index (χ0v) is 7.15. The van der Waals surface area contributed by atoms with Crippen molar-refractivity contribution in [2.45, 2.75) is 33.6 Å². The second-order valence-corrected chi connectivity index (χ2v) is 3.34. The summed E-state index contributed by atoms with van der Waals surface area (Å²) in [5.74, 6) is 0.787. The molecule has 0 N–H and O–H groups in total. The summed E-state index contributed by atoms with van der Waals surface area (Å²) in [6.45, 7) is 6.70. The van der Waals surface area contributed by atoms with E-state index in [0.29, 0.717) is 0 Å². The molecule has 0 saturated carbocycles. The van der Waals surface area contributed by atoms with Crippen LogP contribution in [0, 0.1) is 5.92 Å². The van der Waals surface area contributed by atoms with E-state index < -0.39 is 0 Å². The first-order chi connectivity index (χ1) is 4.72. The Morgan fingerprint density at radius 3 is 2.60 bits per heavy atom. The van der Waals surface area contributed by atoms with Crippen LogP contribution in [0.3, 0.4) is 0 Å². The van der Waals surface area contributed by atoms with Gasteiger partial charge in [0.15, 0.2) is 0 Å². The zero-order valence-electron chi connectivity index (χ0n) is 7.15. The van der Waals surface area contributed by atoms with Crippen LogP contribution in [0.25, 0.3) is 0 Å². The normalized spacial score (nSPS) is 25.1. The molecule has 0 aromatic heterocycles. The van der Waals surface area contributed by atoms with Crippen molar-refractivity contribution in [1.29, 1.82) is 0 Å². The molecule has 56 valence electrons. The van der Waals surface area contributed by atoms with Crippen LogP contribution in [0.15, 0.2) is 23.3 Å². The van der Waals surface area contributed by atoms with Gasteiger partial charge in [0.05, 0.1) is 0 Å². The number of allylic oxidation sites excluding steroid dienone is 4. The van der Waals surface area contributed by atoms with Gasteiger partial charge in [-0.25, -0.2) is 0 Å². The summed E-state index contributed by atoms with van der Waals surface area (Å²) in [5, 5.41) is 0. The molecule has 1 unspecified atom stereocenters. The Hall–Kier alpha value is -0.520. The van der Waals surface area contributed by atoms with Crippen molar-refractivity contribution in [3.05, 3.63) is 23.3 Å². The number of hydrogen-bond donors (Lipinski definition) is 0. The van der Waals surface area contributed by atoms with Crippen LogP contribution in [-0.2, 0) is 0 Å². The number of rotatable bonds is 0. The Morgan fingerprint density at radius 1 is 1.50 bits per heavy atom. The van der Waals surface area contributed by atoms with Gasteiger partial charge in [0.2, 0.25) is 0 Å². The minimum atomic E-state index is 0.787. The molecule has 0 radical (unpaired) electrons. The molecular formula is C10H16. The fraction of sp³-hybridized carbons (Fsp3) is 0.600. The van der Waals surface area contributed by atoms with Crippen molar-refractivity contribution < 1.29 is 0 Å². The predicted molar refractivity (Wildman–Crippen MR) is 45.9 cm³/mol. The van der Waals surface area contributed by atoms with Gasteiger partial charge in [-0.15, -0.1) is 0 Å². The van der Waals surface area contributed by atoms with Crippen molar-refractivity contribution in [3.63, 3.8) is 0 Å². The number of hydrogen-bond acceptors (Lipinski definition) is 0. The van der Waals surface area contributed by atoms with E-state index >= 15 is 0 Å². The molecule has 0 fully saturated rings. The maximum Gasteiger partial charge on any atom is -0.0188 e. The molecule has 0 saturated heterocycles. The Bertz CT molecular complexity index is 168. The van der Waals surface area contributed by atoms with Crippen LogP contribution in [0.2, 0.25) is 0 Å². The first kappa shape index (κ1) is 7.59. The lowest BCUT2D eigenvalue weighted by atomic mass is 9.88. The van der Waals surface area contributed by atoms with Crippen molar-refractivity contribution in [3.8, 4) is 0 Å². The molecule has 0 heteroatoms. The SMILES string of the molecule is CC(C)=C1C=CCCC1C. The van der Waals surface area contributed by atoms with Gasteiger partial charge in [-0.3, -0.25) is 0 Å². The molecule has 0 bridgehead atoms. The van der Waals surface area contributed by atoms with E-state index in [9.17, 15) is 0 Å². The Kier molecular flexibility index (Phi) is 2.31. The molecule has 1 rings (SSSR count). The highest BCUT2D eigenvalue weighted by Crippen LogP contribution is 2.25. The van der Waals surface area contributed by atoms with Crippen molar-refractivity contribution in [2.75, 3.05) is 0 Å². The summed E-state index contributed by atoms with van der Waals surface area (Å²) in [5.41, 5.74) is 3.02. The largest absolute Gasteiger partial charge is 0.0842 e. The lowest BCUT2D eigenvalue weighted by molar-refractivity contribution is 0.612. The standard InChI is InChI=1S/C10H16/c1-8(2)10-7-5-4-6-9(10)3/h5,7,9H,4,6H2,1-3H3. The van der Waals surface area contributed by atoms with Gasteiger partial charge in [0.25, 0.3) is 0 Å². The molecule has 0 aromatic carbocycles. The molecule has 0 spiro atoms. The average Bonchev–Trinajstić information content (AvgIpc) is 1.88. The maximum atomic E-state index is 2.31. The summed E-state index contributed by atoms with van der Waals surface area (Å²) < 4.78 is 0. The van der Waals surface area contributed by atoms with Crippen molar-refractivity contribution >= 4 is 0 Å². The molecule has 1 atom stereocenters. The summed E-state index contributed by atoms with van der Waals surface area (Å²) in [7, 11) is 0. The zero-order chi connectivity index (χ0) is 7.56. The minimum Gasteiger partial charge on any atom is -0.0842 e. The third kappa shape index (κ3) is 1.50. The van der Waals surface area contributed by atoms with Crippen LogP contribution in [-0.4, -0.2) is 0 Å². The van der Waals surface area contributed by atoms with E-state index in [1.807, 2.05) is 0 Å². The van der Waals surface area contributed by atoms with Gasteiger partial charge in [-0.05, 0) is 38.2 Å². The monoisotopic (exact) mass is 136 g/mol. The molecule has 0 aromatic rings. The second-order valence-electron chi connectivity index (χ2n) is 3.34.